The second-order valence-corrected chi connectivity index (χ2v) is 7.89. The predicted octanol–water partition coefficient (Wildman–Crippen LogP) is 5.22. The highest BCUT2D eigenvalue weighted by molar-refractivity contribution is 5.99. The third-order valence-corrected chi connectivity index (χ3v) is 5.25. The fourth-order valence-electron chi connectivity index (χ4n) is 3.38. The molecule has 2 heterocycles. The second-order valence-electron chi connectivity index (χ2n) is 7.89. The number of rotatable bonds is 8. The van der Waals surface area contributed by atoms with Crippen LogP contribution in [0.4, 0.5) is 39.4 Å². The first-order chi connectivity index (χ1) is 16.6. The van der Waals surface area contributed by atoms with Crippen LogP contribution in [0.2, 0.25) is 0 Å². The highest BCUT2D eigenvalue weighted by Crippen LogP contribution is 2.39. The third kappa shape index (κ3) is 5.41. The van der Waals surface area contributed by atoms with Crippen LogP contribution in [0.3, 0.4) is 0 Å². The molecule has 4 aromatic rings. The number of methoxy groups -OCH3 is 1. The predicted molar refractivity (Wildman–Crippen MR) is 131 cm³/mol. The first kappa shape index (κ1) is 21.3. The lowest BCUT2D eigenvalue weighted by Gasteiger charge is -2.10. The van der Waals surface area contributed by atoms with E-state index in [9.17, 15) is 4.79 Å². The van der Waals surface area contributed by atoms with Gasteiger partial charge >= 0.3 is 6.03 Å². The molecule has 0 radical (unpaired) electrons. The Bertz CT molecular complexity index is 1280. The molecule has 10 heteroatoms. The number of H-pyrrole nitrogens is 1. The van der Waals surface area contributed by atoms with Gasteiger partial charge in [0.1, 0.15) is 11.6 Å². The average molecular weight is 457 g/mol. The van der Waals surface area contributed by atoms with Crippen molar-refractivity contribution in [2.75, 3.05) is 28.4 Å². The highest BCUT2D eigenvalue weighted by Gasteiger charge is 2.25. The monoisotopic (exact) mass is 456 g/mol. The van der Waals surface area contributed by atoms with Crippen LogP contribution >= 0.6 is 0 Å². The summed E-state index contributed by atoms with van der Waals surface area (Å²) in [7, 11) is 1.58. The van der Waals surface area contributed by atoms with Crippen LogP contribution in [0, 0.1) is 0 Å². The normalized spacial score (nSPS) is 12.6. The number of carbonyl (C=O) groups is 1. The van der Waals surface area contributed by atoms with E-state index in [4.69, 9.17) is 4.74 Å². The smallest absolute Gasteiger partial charge is 0.323 e. The largest absolute Gasteiger partial charge is 0.497 e. The fourth-order valence-corrected chi connectivity index (χ4v) is 3.38. The van der Waals surface area contributed by atoms with Gasteiger partial charge in [-0.2, -0.15) is 10.1 Å². The van der Waals surface area contributed by atoms with Gasteiger partial charge in [-0.15, -0.1) is 0 Å². The molecule has 1 aliphatic rings. The number of aromatic amines is 1. The zero-order valence-corrected chi connectivity index (χ0v) is 18.5. The van der Waals surface area contributed by atoms with Crippen molar-refractivity contribution < 1.29 is 9.53 Å². The Kier molecular flexibility index (Phi) is 5.93. The molecule has 0 unspecified atom stereocenters. The van der Waals surface area contributed by atoms with Gasteiger partial charge in [-0.3, -0.25) is 5.10 Å². The molecule has 0 saturated heterocycles. The molecule has 2 aromatic carbocycles. The van der Waals surface area contributed by atoms with E-state index in [0.717, 1.165) is 17.2 Å². The minimum absolute atomic E-state index is 0.348. The van der Waals surface area contributed by atoms with Crippen molar-refractivity contribution in [2.45, 2.75) is 18.8 Å². The number of carbonyl (C=O) groups excluding carboxylic acids is 1. The van der Waals surface area contributed by atoms with E-state index in [0.29, 0.717) is 34.8 Å². The van der Waals surface area contributed by atoms with Crippen molar-refractivity contribution in [3.8, 4) is 5.75 Å². The topological polar surface area (TPSA) is 129 Å². The van der Waals surface area contributed by atoms with Gasteiger partial charge in [0, 0.05) is 47.0 Å². The lowest BCUT2D eigenvalue weighted by molar-refractivity contribution is 0.262. The van der Waals surface area contributed by atoms with E-state index < -0.39 is 0 Å². The molecule has 1 saturated carbocycles. The molecular weight excluding hydrogens is 432 g/mol. The summed E-state index contributed by atoms with van der Waals surface area (Å²) in [5.41, 5.74) is 3.22. The Labute approximate surface area is 196 Å². The number of aromatic nitrogens is 4. The van der Waals surface area contributed by atoms with Gasteiger partial charge in [-0.25, -0.2) is 9.78 Å². The van der Waals surface area contributed by atoms with Crippen molar-refractivity contribution in [1.29, 1.82) is 0 Å². The Morgan fingerprint density at radius 1 is 0.941 bits per heavy atom. The Hall–Kier alpha value is -4.60. The van der Waals surface area contributed by atoms with Crippen molar-refractivity contribution in [1.82, 2.24) is 20.2 Å². The number of hydrogen-bond acceptors (Lipinski definition) is 7. The van der Waals surface area contributed by atoms with Gasteiger partial charge in [-0.05, 0) is 55.3 Å². The Morgan fingerprint density at radius 3 is 2.53 bits per heavy atom. The molecular formula is C24H24N8O2. The molecule has 0 bridgehead atoms. The summed E-state index contributed by atoms with van der Waals surface area (Å²) in [5.74, 6) is 3.09. The number of nitrogens with zero attached hydrogens (tertiary/aromatic N) is 3. The standard InChI is InChI=1S/C24H24N8O2/c1-34-19-4-2-3-18(13-19)28-24(33)27-17-9-7-16(8-10-17)26-23-25-12-11-21(30-23)29-22-14-20(31-32-22)15-5-6-15/h2-4,7-15H,5-6H2,1H3,(H2,27,28,33)(H3,25,26,29,30,31,32). The zero-order valence-electron chi connectivity index (χ0n) is 18.5. The number of benzene rings is 2. The molecule has 0 aliphatic heterocycles. The quantitative estimate of drug-likeness (QED) is 0.246. The average Bonchev–Trinajstić information content (AvgIpc) is 3.59. The van der Waals surface area contributed by atoms with E-state index in [-0.39, 0.29) is 6.03 Å². The minimum atomic E-state index is -0.348. The van der Waals surface area contributed by atoms with Gasteiger partial charge in [0.05, 0.1) is 7.11 Å². The van der Waals surface area contributed by atoms with Crippen molar-refractivity contribution in [3.05, 3.63) is 72.6 Å². The lowest BCUT2D eigenvalue weighted by Crippen LogP contribution is -2.19. The van der Waals surface area contributed by atoms with Crippen LogP contribution in [-0.2, 0) is 0 Å². The zero-order chi connectivity index (χ0) is 23.3. The van der Waals surface area contributed by atoms with Crippen LogP contribution in [0.1, 0.15) is 24.5 Å². The number of urea groups is 1. The van der Waals surface area contributed by atoms with Gasteiger partial charge in [0.2, 0.25) is 5.95 Å². The number of hydrogen-bond donors (Lipinski definition) is 5. The maximum absolute atomic E-state index is 12.3. The van der Waals surface area contributed by atoms with E-state index in [1.54, 1.807) is 43.6 Å². The summed E-state index contributed by atoms with van der Waals surface area (Å²) in [6, 6.07) is 17.9. The maximum atomic E-state index is 12.3. The van der Waals surface area contributed by atoms with Crippen LogP contribution in [0.25, 0.3) is 0 Å². The first-order valence-electron chi connectivity index (χ1n) is 10.9. The second kappa shape index (κ2) is 9.49. The summed E-state index contributed by atoms with van der Waals surface area (Å²) in [4.78, 5) is 21.0. The number of anilines is 6. The van der Waals surface area contributed by atoms with Crippen molar-refractivity contribution in [2.24, 2.45) is 0 Å². The van der Waals surface area contributed by atoms with Crippen LogP contribution in [0.15, 0.2) is 66.9 Å². The molecule has 10 nitrogen and oxygen atoms in total. The third-order valence-electron chi connectivity index (χ3n) is 5.25. The number of amides is 2. The molecule has 34 heavy (non-hydrogen) atoms. The molecule has 1 fully saturated rings. The maximum Gasteiger partial charge on any atom is 0.323 e. The van der Waals surface area contributed by atoms with E-state index in [1.165, 1.54) is 12.8 Å². The molecule has 5 rings (SSSR count). The molecule has 1 aliphatic carbocycles. The minimum Gasteiger partial charge on any atom is -0.497 e. The van der Waals surface area contributed by atoms with Crippen LogP contribution < -0.4 is 26.0 Å². The SMILES string of the molecule is COc1cccc(NC(=O)Nc2ccc(Nc3nccc(Nc4cc(C5CC5)[nH]n4)n3)cc2)c1. The van der Waals surface area contributed by atoms with E-state index in [1.807, 2.05) is 30.3 Å². The number of nitrogens with one attached hydrogen (secondary N) is 5. The van der Waals surface area contributed by atoms with E-state index in [2.05, 4.69) is 41.4 Å². The summed E-state index contributed by atoms with van der Waals surface area (Å²) in [5, 5.41) is 19.3. The summed E-state index contributed by atoms with van der Waals surface area (Å²) < 4.78 is 5.17. The van der Waals surface area contributed by atoms with Crippen molar-refractivity contribution in [3.63, 3.8) is 0 Å². The Morgan fingerprint density at radius 2 is 1.74 bits per heavy atom. The first-order valence-corrected chi connectivity index (χ1v) is 10.9. The summed E-state index contributed by atoms with van der Waals surface area (Å²) in [6.45, 7) is 0. The molecule has 5 N–H and O–H groups in total. The fraction of sp³-hybridized carbons (Fsp3) is 0.167. The highest BCUT2D eigenvalue weighted by atomic mass is 16.5. The molecule has 0 spiro atoms. The Balaban J connectivity index is 1.17. The van der Waals surface area contributed by atoms with Gasteiger partial charge < -0.3 is 26.0 Å². The van der Waals surface area contributed by atoms with Gasteiger partial charge in [0.15, 0.2) is 5.82 Å². The molecule has 172 valence electrons. The molecule has 2 amide bonds. The molecule has 0 atom stereocenters. The van der Waals surface area contributed by atoms with Crippen LogP contribution in [0.5, 0.6) is 5.75 Å². The van der Waals surface area contributed by atoms with Gasteiger partial charge in [-0.1, -0.05) is 6.07 Å². The lowest BCUT2D eigenvalue weighted by atomic mass is 10.3. The van der Waals surface area contributed by atoms with Crippen molar-refractivity contribution >= 4 is 40.7 Å². The molecule has 2 aromatic heterocycles. The van der Waals surface area contributed by atoms with Gasteiger partial charge in [0.25, 0.3) is 0 Å². The summed E-state index contributed by atoms with van der Waals surface area (Å²) in [6.07, 6.45) is 4.10. The van der Waals surface area contributed by atoms with E-state index >= 15 is 0 Å². The number of ether oxygens (including phenoxy) is 1. The summed E-state index contributed by atoms with van der Waals surface area (Å²) >= 11 is 0. The van der Waals surface area contributed by atoms with Crippen LogP contribution in [-0.4, -0.2) is 33.3 Å².